The molecule has 2 atom stereocenters. The maximum Gasteiger partial charge on any atom is 0.323 e. The average molecular weight is 181 g/mol. The Morgan fingerprint density at radius 1 is 1.31 bits per heavy atom. The molecule has 1 aromatic carbocycles. The number of carbonyl (C=O) groups is 1. The van der Waals surface area contributed by atoms with Crippen molar-refractivity contribution >= 4 is 5.97 Å². The number of nitrogens with two attached hydrogens (primary N) is 1. The first-order chi connectivity index (χ1) is 6.13. The first-order valence-electron chi connectivity index (χ1n) is 3.84. The minimum Gasteiger partial charge on any atom is -0.480 e. The van der Waals surface area contributed by atoms with Crippen LogP contribution in [0.25, 0.3) is 0 Å². The van der Waals surface area contributed by atoms with E-state index in [2.05, 4.69) is 0 Å². The molecule has 0 fully saturated rings. The van der Waals surface area contributed by atoms with E-state index in [0.29, 0.717) is 5.56 Å². The van der Waals surface area contributed by atoms with Gasteiger partial charge >= 0.3 is 5.97 Å². The van der Waals surface area contributed by atoms with Gasteiger partial charge in [-0.05, 0) is 5.56 Å². The number of aliphatic hydroxyl groups excluding tert-OH is 1. The minimum atomic E-state index is -1.28. The Morgan fingerprint density at radius 3 is 2.31 bits per heavy atom. The van der Waals surface area contributed by atoms with Gasteiger partial charge in [0.15, 0.2) is 0 Å². The molecule has 4 nitrogen and oxygen atoms in total. The molecule has 0 saturated carbocycles. The maximum absolute atomic E-state index is 10.4. The van der Waals surface area contributed by atoms with E-state index in [1.54, 1.807) is 30.3 Å². The predicted octanol–water partition coefficient (Wildman–Crippen LogP) is 0.132. The van der Waals surface area contributed by atoms with Crippen molar-refractivity contribution < 1.29 is 15.0 Å². The Kier molecular flexibility index (Phi) is 3.00. The normalized spacial score (nSPS) is 14.9. The van der Waals surface area contributed by atoms with Crippen LogP contribution in [0.15, 0.2) is 30.3 Å². The second kappa shape index (κ2) is 4.02. The standard InChI is InChI=1S/C9H11NO3/c10-7(9(12)13)8(11)6-4-2-1-3-5-6/h1-5,7-8,11H,10H2,(H,12,13)/t7-,8+/m0/s1. The Labute approximate surface area is 75.6 Å². The van der Waals surface area contributed by atoms with Crippen LogP contribution in [0.3, 0.4) is 0 Å². The van der Waals surface area contributed by atoms with Crippen molar-refractivity contribution in [3.05, 3.63) is 35.9 Å². The van der Waals surface area contributed by atoms with Gasteiger partial charge in [0.2, 0.25) is 0 Å². The van der Waals surface area contributed by atoms with Gasteiger partial charge < -0.3 is 15.9 Å². The summed E-state index contributed by atoms with van der Waals surface area (Å²) in [6, 6.07) is 7.20. The van der Waals surface area contributed by atoms with E-state index < -0.39 is 18.1 Å². The number of rotatable bonds is 3. The summed E-state index contributed by atoms with van der Waals surface area (Å²) in [4.78, 5) is 10.4. The quantitative estimate of drug-likeness (QED) is 0.619. The number of aliphatic carboxylic acids is 1. The number of carboxylic acid groups (broad SMARTS) is 1. The lowest BCUT2D eigenvalue weighted by Crippen LogP contribution is -2.36. The lowest BCUT2D eigenvalue weighted by molar-refractivity contribution is -0.141. The first kappa shape index (κ1) is 9.70. The summed E-state index contributed by atoms with van der Waals surface area (Å²) in [6.45, 7) is 0. The van der Waals surface area contributed by atoms with Crippen molar-refractivity contribution in [1.82, 2.24) is 0 Å². The Morgan fingerprint density at radius 2 is 1.85 bits per heavy atom. The van der Waals surface area contributed by atoms with Gasteiger partial charge in [-0.3, -0.25) is 4.79 Å². The third kappa shape index (κ3) is 2.27. The highest BCUT2D eigenvalue weighted by atomic mass is 16.4. The Hall–Kier alpha value is -1.39. The Bertz CT molecular complexity index is 286. The second-order valence-electron chi connectivity index (χ2n) is 2.72. The van der Waals surface area contributed by atoms with Gasteiger partial charge in [-0.25, -0.2) is 0 Å². The fourth-order valence-electron chi connectivity index (χ4n) is 0.993. The van der Waals surface area contributed by atoms with Crippen LogP contribution < -0.4 is 5.73 Å². The number of aliphatic hydroxyl groups is 1. The van der Waals surface area contributed by atoms with Gasteiger partial charge in [-0.15, -0.1) is 0 Å². The second-order valence-corrected chi connectivity index (χ2v) is 2.72. The SMILES string of the molecule is N[C@H](C(=O)O)[C@H](O)c1ccccc1. The molecule has 0 bridgehead atoms. The van der Waals surface area contributed by atoms with Crippen molar-refractivity contribution in [3.8, 4) is 0 Å². The molecule has 1 rings (SSSR count). The van der Waals surface area contributed by atoms with Gasteiger partial charge in [-0.2, -0.15) is 0 Å². The average Bonchev–Trinajstić information content (AvgIpc) is 2.17. The van der Waals surface area contributed by atoms with Crippen molar-refractivity contribution in [3.63, 3.8) is 0 Å². The third-order valence-electron chi connectivity index (χ3n) is 1.77. The van der Waals surface area contributed by atoms with Crippen LogP contribution in [-0.4, -0.2) is 22.2 Å². The van der Waals surface area contributed by atoms with E-state index in [0.717, 1.165) is 0 Å². The van der Waals surface area contributed by atoms with E-state index in [-0.39, 0.29) is 0 Å². The highest BCUT2D eigenvalue weighted by molar-refractivity contribution is 5.74. The monoisotopic (exact) mass is 181 g/mol. The molecule has 0 aliphatic heterocycles. The lowest BCUT2D eigenvalue weighted by atomic mass is 10.0. The molecule has 4 heteroatoms. The molecular formula is C9H11NO3. The summed E-state index contributed by atoms with van der Waals surface area (Å²) in [5, 5.41) is 18.0. The van der Waals surface area contributed by atoms with Gasteiger partial charge in [0.1, 0.15) is 12.1 Å². The van der Waals surface area contributed by atoms with Crippen molar-refractivity contribution in [2.75, 3.05) is 0 Å². The van der Waals surface area contributed by atoms with Crippen LogP contribution in [0.5, 0.6) is 0 Å². The van der Waals surface area contributed by atoms with E-state index in [9.17, 15) is 9.90 Å². The Balaban J connectivity index is 2.79. The smallest absolute Gasteiger partial charge is 0.323 e. The van der Waals surface area contributed by atoms with E-state index in [4.69, 9.17) is 10.8 Å². The zero-order valence-electron chi connectivity index (χ0n) is 6.92. The predicted molar refractivity (Wildman–Crippen MR) is 47.0 cm³/mol. The van der Waals surface area contributed by atoms with Crippen LogP contribution in [0, 0.1) is 0 Å². The highest BCUT2D eigenvalue weighted by Gasteiger charge is 2.22. The molecule has 0 amide bonds. The zero-order valence-corrected chi connectivity index (χ0v) is 6.92. The topological polar surface area (TPSA) is 83.6 Å². The molecule has 0 radical (unpaired) electrons. The van der Waals surface area contributed by atoms with E-state index in [1.807, 2.05) is 0 Å². The largest absolute Gasteiger partial charge is 0.480 e. The summed E-state index contributed by atoms with van der Waals surface area (Å²) in [5.74, 6) is -1.21. The molecule has 0 saturated heterocycles. The summed E-state index contributed by atoms with van der Waals surface area (Å²) in [6.07, 6.45) is -1.15. The molecule has 1 aromatic rings. The zero-order chi connectivity index (χ0) is 9.84. The molecule has 0 aliphatic carbocycles. The van der Waals surface area contributed by atoms with E-state index in [1.165, 1.54) is 0 Å². The van der Waals surface area contributed by atoms with Crippen LogP contribution >= 0.6 is 0 Å². The lowest BCUT2D eigenvalue weighted by Gasteiger charge is -2.14. The van der Waals surface area contributed by atoms with Crippen LogP contribution in [-0.2, 0) is 4.79 Å². The van der Waals surface area contributed by atoms with E-state index >= 15 is 0 Å². The van der Waals surface area contributed by atoms with Gasteiger partial charge in [0.05, 0.1) is 0 Å². The fourth-order valence-corrected chi connectivity index (χ4v) is 0.993. The molecule has 0 unspecified atom stereocenters. The van der Waals surface area contributed by atoms with Crippen molar-refractivity contribution in [2.24, 2.45) is 5.73 Å². The molecule has 70 valence electrons. The molecule has 0 spiro atoms. The summed E-state index contributed by atoms with van der Waals surface area (Å²) in [7, 11) is 0. The van der Waals surface area contributed by atoms with Crippen LogP contribution in [0.1, 0.15) is 11.7 Å². The summed E-state index contributed by atoms with van der Waals surface area (Å²) < 4.78 is 0. The summed E-state index contributed by atoms with van der Waals surface area (Å²) in [5.41, 5.74) is 5.75. The van der Waals surface area contributed by atoms with Gasteiger partial charge in [0.25, 0.3) is 0 Å². The number of hydrogen-bond donors (Lipinski definition) is 3. The van der Waals surface area contributed by atoms with Crippen LogP contribution in [0.4, 0.5) is 0 Å². The maximum atomic E-state index is 10.4. The molecule has 0 heterocycles. The molecular weight excluding hydrogens is 170 g/mol. The third-order valence-corrected chi connectivity index (χ3v) is 1.77. The molecule has 13 heavy (non-hydrogen) atoms. The molecule has 0 aromatic heterocycles. The summed E-state index contributed by atoms with van der Waals surface area (Å²) >= 11 is 0. The van der Waals surface area contributed by atoms with Crippen LogP contribution in [0.2, 0.25) is 0 Å². The number of carboxylic acids is 1. The molecule has 0 aliphatic rings. The highest BCUT2D eigenvalue weighted by Crippen LogP contribution is 2.14. The fraction of sp³-hybridized carbons (Fsp3) is 0.222. The number of hydrogen-bond acceptors (Lipinski definition) is 3. The van der Waals surface area contributed by atoms with Gasteiger partial charge in [0, 0.05) is 0 Å². The first-order valence-corrected chi connectivity index (χ1v) is 3.84. The molecule has 4 N–H and O–H groups in total. The van der Waals surface area contributed by atoms with Gasteiger partial charge in [-0.1, -0.05) is 30.3 Å². The number of benzene rings is 1. The minimum absolute atomic E-state index is 0.511. The van der Waals surface area contributed by atoms with Crippen molar-refractivity contribution in [2.45, 2.75) is 12.1 Å². The van der Waals surface area contributed by atoms with Crippen molar-refractivity contribution in [1.29, 1.82) is 0 Å².